The van der Waals surface area contributed by atoms with Gasteiger partial charge >= 0.3 is 0 Å². The van der Waals surface area contributed by atoms with Crippen molar-refractivity contribution in [1.82, 2.24) is 15.1 Å². The number of hydrogen-bond acceptors (Lipinski definition) is 4. The van der Waals surface area contributed by atoms with Crippen LogP contribution in [-0.4, -0.2) is 60.2 Å². The zero-order valence-electron chi connectivity index (χ0n) is 12.5. The third kappa shape index (κ3) is 2.50. The van der Waals surface area contributed by atoms with Crippen molar-refractivity contribution in [3.05, 3.63) is 35.4 Å². The number of hydrogen-bond donors (Lipinski definition) is 1. The van der Waals surface area contributed by atoms with Crippen molar-refractivity contribution in [2.75, 3.05) is 26.7 Å². The molecule has 0 radical (unpaired) electrons. The summed E-state index contributed by atoms with van der Waals surface area (Å²) < 4.78 is 0. The first-order chi connectivity index (χ1) is 10.6. The number of likely N-dealkylation sites (N-methyl/N-ethyl adjacent to an activating group) is 1. The predicted molar refractivity (Wildman–Crippen MR) is 80.5 cm³/mol. The number of rotatable bonds is 3. The molecule has 0 bridgehead atoms. The number of nitrogens with one attached hydrogen (secondary N) is 1. The molecule has 1 unspecified atom stereocenters. The number of carbonyl (C=O) groups excluding carboxylic acids is 3. The normalized spacial score (nSPS) is 21.2. The lowest BCUT2D eigenvalue weighted by atomic mass is 10.1. The van der Waals surface area contributed by atoms with Crippen LogP contribution in [0.2, 0.25) is 0 Å². The molecular weight excluding hydrogens is 282 g/mol. The van der Waals surface area contributed by atoms with E-state index in [1.807, 2.05) is 7.05 Å². The number of amides is 3. The van der Waals surface area contributed by atoms with Crippen LogP contribution in [0.1, 0.15) is 33.6 Å². The fourth-order valence-corrected chi connectivity index (χ4v) is 3.06. The van der Waals surface area contributed by atoms with E-state index in [9.17, 15) is 14.4 Å². The van der Waals surface area contributed by atoms with E-state index in [1.165, 1.54) is 0 Å². The van der Waals surface area contributed by atoms with Gasteiger partial charge in [0.25, 0.3) is 11.8 Å². The van der Waals surface area contributed by atoms with Crippen LogP contribution in [0.3, 0.4) is 0 Å². The van der Waals surface area contributed by atoms with Crippen LogP contribution in [0, 0.1) is 0 Å². The minimum Gasteiger partial charge on any atom is -0.340 e. The van der Waals surface area contributed by atoms with Crippen molar-refractivity contribution >= 4 is 17.7 Å². The van der Waals surface area contributed by atoms with Crippen molar-refractivity contribution in [2.24, 2.45) is 0 Å². The van der Waals surface area contributed by atoms with Crippen molar-refractivity contribution in [3.8, 4) is 0 Å². The lowest BCUT2D eigenvalue weighted by molar-refractivity contribution is -0.132. The second-order valence-electron chi connectivity index (χ2n) is 5.71. The molecule has 6 nitrogen and oxygen atoms in total. The molecule has 2 aliphatic rings. The molecule has 1 N–H and O–H groups in total. The van der Waals surface area contributed by atoms with E-state index in [0.29, 0.717) is 24.2 Å². The highest BCUT2D eigenvalue weighted by Crippen LogP contribution is 2.22. The number of benzene rings is 1. The third-order valence-corrected chi connectivity index (χ3v) is 4.35. The molecule has 116 valence electrons. The van der Waals surface area contributed by atoms with Gasteiger partial charge in [0.1, 0.15) is 6.54 Å². The van der Waals surface area contributed by atoms with E-state index in [-0.39, 0.29) is 30.3 Å². The lowest BCUT2D eigenvalue weighted by Gasteiger charge is -2.33. The molecule has 22 heavy (non-hydrogen) atoms. The highest BCUT2D eigenvalue weighted by molar-refractivity contribution is 6.22. The number of nitrogens with zero attached hydrogens (tertiary/aromatic N) is 2. The monoisotopic (exact) mass is 301 g/mol. The highest BCUT2D eigenvalue weighted by Gasteiger charge is 2.37. The van der Waals surface area contributed by atoms with Gasteiger partial charge < -0.3 is 10.2 Å². The van der Waals surface area contributed by atoms with Gasteiger partial charge in [-0.05, 0) is 32.0 Å². The third-order valence-electron chi connectivity index (χ3n) is 4.35. The van der Waals surface area contributed by atoms with Crippen LogP contribution in [0.4, 0.5) is 0 Å². The van der Waals surface area contributed by atoms with Gasteiger partial charge in [-0.1, -0.05) is 12.1 Å². The summed E-state index contributed by atoms with van der Waals surface area (Å²) in [6, 6.07) is 6.96. The average molecular weight is 301 g/mol. The molecule has 3 amide bonds. The molecule has 1 saturated heterocycles. The molecule has 0 saturated carbocycles. The second-order valence-corrected chi connectivity index (χ2v) is 5.71. The summed E-state index contributed by atoms with van der Waals surface area (Å²) in [5, 5.41) is 3.17. The van der Waals surface area contributed by atoms with Gasteiger partial charge in [-0.2, -0.15) is 0 Å². The summed E-state index contributed by atoms with van der Waals surface area (Å²) in [5.41, 5.74) is 0.763. The van der Waals surface area contributed by atoms with Crippen molar-refractivity contribution in [2.45, 2.75) is 18.9 Å². The van der Waals surface area contributed by atoms with Crippen LogP contribution >= 0.6 is 0 Å². The molecular formula is C16H19N3O3. The summed E-state index contributed by atoms with van der Waals surface area (Å²) in [5.74, 6) is -0.929. The molecule has 1 fully saturated rings. The van der Waals surface area contributed by atoms with Gasteiger partial charge in [0.05, 0.1) is 11.1 Å². The van der Waals surface area contributed by atoms with Gasteiger partial charge in [-0.15, -0.1) is 0 Å². The van der Waals surface area contributed by atoms with Gasteiger partial charge in [-0.3, -0.25) is 19.3 Å². The first kappa shape index (κ1) is 14.7. The number of fused-ring (bicyclic) bond motifs is 1. The van der Waals surface area contributed by atoms with Crippen LogP contribution < -0.4 is 5.32 Å². The Morgan fingerprint density at radius 1 is 1.23 bits per heavy atom. The fraction of sp³-hybridized carbons (Fsp3) is 0.438. The summed E-state index contributed by atoms with van der Waals surface area (Å²) in [6.07, 6.45) is 1.96. The maximum absolute atomic E-state index is 12.4. The summed E-state index contributed by atoms with van der Waals surface area (Å²) in [7, 11) is 1.88. The van der Waals surface area contributed by atoms with Crippen LogP contribution in [0.25, 0.3) is 0 Å². The Morgan fingerprint density at radius 2 is 1.86 bits per heavy atom. The molecule has 1 aromatic carbocycles. The summed E-state index contributed by atoms with van der Waals surface area (Å²) in [4.78, 5) is 39.7. The van der Waals surface area contributed by atoms with Gasteiger partial charge in [0.2, 0.25) is 5.91 Å². The van der Waals surface area contributed by atoms with E-state index in [1.54, 1.807) is 29.2 Å². The van der Waals surface area contributed by atoms with E-state index in [0.717, 1.165) is 17.7 Å². The number of piperidine rings is 1. The van der Waals surface area contributed by atoms with Crippen molar-refractivity contribution in [1.29, 1.82) is 0 Å². The van der Waals surface area contributed by atoms with Crippen molar-refractivity contribution in [3.63, 3.8) is 0 Å². The fourth-order valence-electron chi connectivity index (χ4n) is 3.06. The summed E-state index contributed by atoms with van der Waals surface area (Å²) in [6.45, 7) is 1.13. The molecule has 1 atom stereocenters. The SMILES string of the molecule is CNC1CCCN(C(=O)CN2C(=O)c3ccccc3C2=O)C1. The number of imide groups is 1. The highest BCUT2D eigenvalue weighted by atomic mass is 16.2. The second kappa shape index (κ2) is 5.88. The van der Waals surface area contributed by atoms with Gasteiger partial charge in [0, 0.05) is 19.1 Å². The molecule has 0 aliphatic carbocycles. The van der Waals surface area contributed by atoms with E-state index < -0.39 is 0 Å². The largest absolute Gasteiger partial charge is 0.340 e. The topological polar surface area (TPSA) is 69.7 Å². The van der Waals surface area contributed by atoms with Crippen molar-refractivity contribution < 1.29 is 14.4 Å². The van der Waals surface area contributed by atoms with E-state index >= 15 is 0 Å². The molecule has 3 rings (SSSR count). The first-order valence-corrected chi connectivity index (χ1v) is 7.52. The maximum Gasteiger partial charge on any atom is 0.262 e. The predicted octanol–water partition coefficient (Wildman–Crippen LogP) is 0.493. The Labute approximate surface area is 129 Å². The minimum atomic E-state index is -0.379. The molecule has 0 aromatic heterocycles. The first-order valence-electron chi connectivity index (χ1n) is 7.52. The van der Waals surface area contributed by atoms with Gasteiger partial charge in [0.15, 0.2) is 0 Å². The Morgan fingerprint density at radius 3 is 2.45 bits per heavy atom. The molecule has 0 spiro atoms. The Balaban J connectivity index is 1.70. The minimum absolute atomic E-state index is 0.172. The summed E-state index contributed by atoms with van der Waals surface area (Å²) >= 11 is 0. The molecule has 2 heterocycles. The Bertz CT molecular complexity index is 594. The van der Waals surface area contributed by atoms with Gasteiger partial charge in [-0.25, -0.2) is 0 Å². The van der Waals surface area contributed by atoms with Crippen LogP contribution in [0.5, 0.6) is 0 Å². The lowest BCUT2D eigenvalue weighted by Crippen LogP contribution is -2.50. The van der Waals surface area contributed by atoms with E-state index in [2.05, 4.69) is 5.32 Å². The number of likely N-dealkylation sites (tertiary alicyclic amines) is 1. The number of carbonyl (C=O) groups is 3. The molecule has 2 aliphatic heterocycles. The maximum atomic E-state index is 12.4. The average Bonchev–Trinajstić information content (AvgIpc) is 2.80. The Kier molecular flexibility index (Phi) is 3.94. The van der Waals surface area contributed by atoms with E-state index in [4.69, 9.17) is 0 Å². The zero-order chi connectivity index (χ0) is 15.7. The van der Waals surface area contributed by atoms with Crippen LogP contribution in [0.15, 0.2) is 24.3 Å². The molecule has 1 aromatic rings. The quantitative estimate of drug-likeness (QED) is 0.825. The van der Waals surface area contributed by atoms with Crippen LogP contribution in [-0.2, 0) is 4.79 Å². The smallest absolute Gasteiger partial charge is 0.262 e. The Hall–Kier alpha value is -2.21. The standard InChI is InChI=1S/C16H19N3O3/c1-17-11-5-4-8-18(9-11)14(20)10-19-15(21)12-6-2-3-7-13(12)16(19)22/h2-3,6-7,11,17H,4-5,8-10H2,1H3. The zero-order valence-corrected chi connectivity index (χ0v) is 12.5. The molecule has 6 heteroatoms.